The smallest absolute Gasteiger partial charge is 0.333 e. The van der Waals surface area contributed by atoms with Crippen LogP contribution in [0, 0.1) is 12.3 Å². The van der Waals surface area contributed by atoms with Crippen molar-refractivity contribution in [3.05, 3.63) is 65.6 Å². The fourth-order valence-electron chi connectivity index (χ4n) is 3.24. The minimum Gasteiger partial charge on any atom is -0.494 e. The van der Waals surface area contributed by atoms with Gasteiger partial charge in [-0.1, -0.05) is 0 Å². The lowest BCUT2D eigenvalue weighted by Gasteiger charge is -2.21. The molecule has 1 heterocycles. The molecule has 9 nitrogen and oxygen atoms in total. The summed E-state index contributed by atoms with van der Waals surface area (Å²) in [4.78, 5) is 17.0. The summed E-state index contributed by atoms with van der Waals surface area (Å²) in [6.07, 6.45) is 1.55. The molecule has 0 aliphatic carbocycles. The van der Waals surface area contributed by atoms with Gasteiger partial charge in [0.15, 0.2) is 6.04 Å². The second kappa shape index (κ2) is 11.2. The predicted molar refractivity (Wildman–Crippen MR) is 128 cm³/mol. The average molecular weight is 474 g/mol. The highest BCUT2D eigenvalue weighted by Gasteiger charge is 2.24. The number of aromatic nitrogens is 2. The Kier molecular flexibility index (Phi) is 8.70. The van der Waals surface area contributed by atoms with Crippen LogP contribution >= 0.6 is 12.4 Å². The Hall–Kier alpha value is -3.72. The van der Waals surface area contributed by atoms with Crippen LogP contribution in [0.4, 0.5) is 5.69 Å². The number of hydrogen-bond donors (Lipinski definition) is 4. The van der Waals surface area contributed by atoms with Crippen LogP contribution in [-0.4, -0.2) is 39.9 Å². The number of carbonyl (C=O) groups excluding carboxylic acids is 1. The first-order chi connectivity index (χ1) is 15.3. The number of rotatable bonds is 9. The minimum absolute atomic E-state index is 0. The number of nitrogens with one attached hydrogen (secondary N) is 2. The summed E-state index contributed by atoms with van der Waals surface area (Å²) in [5.41, 5.74) is 8.46. The standard InChI is InChI=1S/C23H27N5O4.ClH/c1-4-31-19-11-16(20-13-26-14(3)28(20)30)10-17(12-19)21(23(29)32-5-2)27-18-8-6-15(7-9-18)22(24)25;/h6-13,21,27,30H,4-5H2,1-3H3,(H3,24,25);1H. The van der Waals surface area contributed by atoms with Crippen molar-refractivity contribution >= 4 is 29.9 Å². The topological polar surface area (TPSA) is 135 Å². The summed E-state index contributed by atoms with van der Waals surface area (Å²) in [6.45, 7) is 5.95. The number of carbonyl (C=O) groups is 1. The Balaban J connectivity index is 0.00000385. The fourth-order valence-corrected chi connectivity index (χ4v) is 3.24. The number of nitrogens with zero attached hydrogens (tertiary/aromatic N) is 2. The van der Waals surface area contributed by atoms with Gasteiger partial charge in [-0.2, -0.15) is 4.73 Å². The van der Waals surface area contributed by atoms with Crippen molar-refractivity contribution in [3.63, 3.8) is 0 Å². The number of nitrogens with two attached hydrogens (primary N) is 1. The van der Waals surface area contributed by atoms with Gasteiger partial charge in [0.25, 0.3) is 0 Å². The minimum atomic E-state index is -0.839. The second-order valence-electron chi connectivity index (χ2n) is 7.05. The highest BCUT2D eigenvalue weighted by molar-refractivity contribution is 5.95. The summed E-state index contributed by atoms with van der Waals surface area (Å²) < 4.78 is 12.0. The zero-order valence-electron chi connectivity index (χ0n) is 18.7. The Morgan fingerprint density at radius 2 is 1.91 bits per heavy atom. The van der Waals surface area contributed by atoms with Gasteiger partial charge in [-0.15, -0.1) is 12.4 Å². The molecule has 0 spiro atoms. The van der Waals surface area contributed by atoms with Crippen molar-refractivity contribution in [2.45, 2.75) is 26.8 Å². The molecule has 10 heteroatoms. The van der Waals surface area contributed by atoms with Crippen LogP contribution in [0.2, 0.25) is 0 Å². The number of hydrogen-bond acceptors (Lipinski definition) is 7. The number of benzene rings is 2. The Morgan fingerprint density at radius 1 is 1.21 bits per heavy atom. The number of anilines is 1. The number of aryl methyl sites for hydroxylation is 1. The Labute approximate surface area is 198 Å². The van der Waals surface area contributed by atoms with Crippen molar-refractivity contribution in [2.24, 2.45) is 5.73 Å². The maximum atomic E-state index is 12.9. The number of nitrogen functional groups attached to an aromatic ring is 1. The van der Waals surface area contributed by atoms with Gasteiger partial charge in [-0.25, -0.2) is 9.78 Å². The van der Waals surface area contributed by atoms with Crippen LogP contribution in [0.5, 0.6) is 5.75 Å². The first-order valence-corrected chi connectivity index (χ1v) is 10.2. The molecule has 176 valence electrons. The lowest BCUT2D eigenvalue weighted by atomic mass is 10.0. The van der Waals surface area contributed by atoms with Crippen molar-refractivity contribution in [2.75, 3.05) is 18.5 Å². The van der Waals surface area contributed by atoms with E-state index < -0.39 is 12.0 Å². The van der Waals surface area contributed by atoms with Gasteiger partial charge in [-0.3, -0.25) is 5.41 Å². The molecule has 0 amide bonds. The molecular formula is C23H28ClN5O4. The van der Waals surface area contributed by atoms with E-state index in [4.69, 9.17) is 20.6 Å². The average Bonchev–Trinajstić information content (AvgIpc) is 3.11. The van der Waals surface area contributed by atoms with Gasteiger partial charge in [-0.05, 0) is 68.8 Å². The number of halogens is 1. The van der Waals surface area contributed by atoms with E-state index in [2.05, 4.69) is 10.3 Å². The number of esters is 1. The third-order valence-electron chi connectivity index (χ3n) is 4.81. The van der Waals surface area contributed by atoms with Crippen LogP contribution in [0.25, 0.3) is 11.3 Å². The summed E-state index contributed by atoms with van der Waals surface area (Å²) in [5.74, 6) is 0.482. The molecule has 0 saturated carbocycles. The van der Waals surface area contributed by atoms with Gasteiger partial charge in [0.1, 0.15) is 23.1 Å². The summed E-state index contributed by atoms with van der Waals surface area (Å²) in [6, 6.07) is 11.4. The zero-order chi connectivity index (χ0) is 23.3. The molecule has 0 aliphatic rings. The number of ether oxygens (including phenoxy) is 2. The van der Waals surface area contributed by atoms with E-state index in [0.717, 1.165) is 4.73 Å². The van der Waals surface area contributed by atoms with Crippen LogP contribution in [0.1, 0.15) is 36.8 Å². The molecule has 5 N–H and O–H groups in total. The molecule has 1 unspecified atom stereocenters. The molecule has 0 fully saturated rings. The fraction of sp³-hybridized carbons (Fsp3) is 0.261. The van der Waals surface area contributed by atoms with Gasteiger partial charge in [0, 0.05) is 16.8 Å². The number of amidine groups is 1. The molecule has 0 saturated heterocycles. The number of imidazole rings is 1. The predicted octanol–water partition coefficient (Wildman–Crippen LogP) is 3.92. The highest BCUT2D eigenvalue weighted by atomic mass is 35.5. The largest absolute Gasteiger partial charge is 0.494 e. The monoisotopic (exact) mass is 473 g/mol. The molecule has 1 atom stereocenters. The van der Waals surface area contributed by atoms with Crippen LogP contribution in [0.15, 0.2) is 48.7 Å². The summed E-state index contributed by atoms with van der Waals surface area (Å²) in [7, 11) is 0. The van der Waals surface area contributed by atoms with Gasteiger partial charge in [0.05, 0.1) is 19.4 Å². The molecule has 0 aliphatic heterocycles. The lowest BCUT2D eigenvalue weighted by Crippen LogP contribution is -2.23. The summed E-state index contributed by atoms with van der Waals surface area (Å²) >= 11 is 0. The molecule has 3 aromatic rings. The molecule has 0 bridgehead atoms. The van der Waals surface area contributed by atoms with E-state index in [1.54, 1.807) is 62.5 Å². The van der Waals surface area contributed by atoms with E-state index in [9.17, 15) is 10.0 Å². The van der Waals surface area contributed by atoms with Gasteiger partial charge >= 0.3 is 5.97 Å². The van der Waals surface area contributed by atoms with Gasteiger partial charge < -0.3 is 25.7 Å². The van der Waals surface area contributed by atoms with Crippen LogP contribution < -0.4 is 15.8 Å². The van der Waals surface area contributed by atoms with E-state index in [0.29, 0.717) is 46.3 Å². The molecule has 2 aromatic carbocycles. The SMILES string of the molecule is CCOC(=O)C(Nc1ccc(C(=N)N)cc1)c1cc(OCC)cc(-c2cnc(C)n2O)c1.Cl. The first-order valence-electron chi connectivity index (χ1n) is 10.2. The molecule has 33 heavy (non-hydrogen) atoms. The quantitative estimate of drug-likeness (QED) is 0.160. The third kappa shape index (κ3) is 5.95. The lowest BCUT2D eigenvalue weighted by molar-refractivity contribution is -0.144. The molecular weight excluding hydrogens is 446 g/mol. The highest BCUT2D eigenvalue weighted by Crippen LogP contribution is 2.31. The Morgan fingerprint density at radius 3 is 2.45 bits per heavy atom. The normalized spacial score (nSPS) is 11.2. The molecule has 3 rings (SSSR count). The molecule has 0 radical (unpaired) electrons. The summed E-state index contributed by atoms with van der Waals surface area (Å²) in [5, 5.41) is 21.0. The van der Waals surface area contributed by atoms with E-state index in [-0.39, 0.29) is 24.8 Å². The van der Waals surface area contributed by atoms with E-state index in [1.165, 1.54) is 0 Å². The van der Waals surface area contributed by atoms with Crippen molar-refractivity contribution in [1.29, 1.82) is 5.41 Å². The third-order valence-corrected chi connectivity index (χ3v) is 4.81. The zero-order valence-corrected chi connectivity index (χ0v) is 19.5. The van der Waals surface area contributed by atoms with Gasteiger partial charge in [0.2, 0.25) is 0 Å². The van der Waals surface area contributed by atoms with Crippen LogP contribution in [0.3, 0.4) is 0 Å². The maximum absolute atomic E-state index is 12.9. The first kappa shape index (κ1) is 25.5. The van der Waals surface area contributed by atoms with Crippen LogP contribution in [-0.2, 0) is 9.53 Å². The van der Waals surface area contributed by atoms with Crippen molar-refractivity contribution in [3.8, 4) is 17.0 Å². The maximum Gasteiger partial charge on any atom is 0.333 e. The second-order valence-corrected chi connectivity index (χ2v) is 7.05. The van der Waals surface area contributed by atoms with Crippen molar-refractivity contribution < 1.29 is 19.5 Å². The van der Waals surface area contributed by atoms with E-state index >= 15 is 0 Å². The van der Waals surface area contributed by atoms with Crippen molar-refractivity contribution in [1.82, 2.24) is 9.71 Å². The molecule has 1 aromatic heterocycles. The van der Waals surface area contributed by atoms with E-state index in [1.807, 2.05) is 6.92 Å². The Bertz CT molecular complexity index is 1110.